The molecule has 2 atom stereocenters. The smallest absolute Gasteiger partial charge is 0.311 e. The van der Waals surface area contributed by atoms with Crippen LogP contribution in [0, 0.1) is 5.92 Å². The Bertz CT molecular complexity index is 482. The predicted molar refractivity (Wildman–Crippen MR) is 69.2 cm³/mol. The van der Waals surface area contributed by atoms with E-state index in [-0.39, 0.29) is 25.7 Å². The molecule has 108 valence electrons. The molecule has 1 aliphatic heterocycles. The number of hydrogen-bond donors (Lipinski definition) is 2. The van der Waals surface area contributed by atoms with Gasteiger partial charge in [0, 0.05) is 19.4 Å². The second-order valence-electron chi connectivity index (χ2n) is 4.56. The molecule has 2 heterocycles. The van der Waals surface area contributed by atoms with Gasteiger partial charge < -0.3 is 20.1 Å². The van der Waals surface area contributed by atoms with Crippen molar-refractivity contribution in [3.8, 4) is 0 Å². The number of amides is 1. The number of aromatic nitrogens is 2. The highest BCUT2D eigenvalue weighted by molar-refractivity contribution is 5.82. The van der Waals surface area contributed by atoms with Crippen LogP contribution in [0.3, 0.4) is 0 Å². The average molecular weight is 280 g/mol. The lowest BCUT2D eigenvalue weighted by Gasteiger charge is -2.19. The number of carboxylic acid groups (broad SMARTS) is 1. The highest BCUT2D eigenvalue weighted by Crippen LogP contribution is 2.13. The van der Waals surface area contributed by atoms with E-state index < -0.39 is 17.9 Å². The minimum atomic E-state index is -0.965. The van der Waals surface area contributed by atoms with Crippen molar-refractivity contribution in [3.63, 3.8) is 0 Å². The third kappa shape index (κ3) is 3.41. The summed E-state index contributed by atoms with van der Waals surface area (Å²) in [4.78, 5) is 32.5. The van der Waals surface area contributed by atoms with Crippen molar-refractivity contribution in [1.82, 2.24) is 15.3 Å². The number of nitrogens with one attached hydrogen (secondary N) is 1. The Balaban J connectivity index is 1.88. The molecule has 1 aliphatic rings. The maximum Gasteiger partial charge on any atom is 0.311 e. The molecule has 1 aromatic rings. The lowest BCUT2D eigenvalue weighted by atomic mass is 10.0. The molecule has 0 aliphatic carbocycles. The molecule has 20 heavy (non-hydrogen) atoms. The molecule has 1 saturated heterocycles. The van der Waals surface area contributed by atoms with E-state index in [1.54, 1.807) is 30.4 Å². The zero-order chi connectivity index (χ0) is 14.5. The summed E-state index contributed by atoms with van der Waals surface area (Å²) in [6.07, 6.45) is 3.17. The first-order chi connectivity index (χ1) is 9.58. The standard InChI is InChI=1S/C12H16N4O4/c1-16(12-13-3-2-4-14-12)5-10(17)15-9-7-20-6-8(9)11(18)19/h2-4,8-9H,5-7H2,1H3,(H,15,17)(H,18,19). The van der Waals surface area contributed by atoms with Gasteiger partial charge in [-0.05, 0) is 6.07 Å². The van der Waals surface area contributed by atoms with Crippen LogP contribution in [0.5, 0.6) is 0 Å². The Labute approximate surface area is 115 Å². The van der Waals surface area contributed by atoms with E-state index in [0.717, 1.165) is 0 Å². The van der Waals surface area contributed by atoms with Crippen LogP contribution >= 0.6 is 0 Å². The summed E-state index contributed by atoms with van der Waals surface area (Å²) in [5, 5.41) is 11.7. The van der Waals surface area contributed by atoms with Crippen LogP contribution in [0.1, 0.15) is 0 Å². The van der Waals surface area contributed by atoms with E-state index in [2.05, 4.69) is 15.3 Å². The number of carboxylic acids is 1. The van der Waals surface area contributed by atoms with Crippen molar-refractivity contribution >= 4 is 17.8 Å². The molecule has 1 fully saturated rings. The van der Waals surface area contributed by atoms with Gasteiger partial charge in [0.15, 0.2) is 0 Å². The first-order valence-corrected chi connectivity index (χ1v) is 6.16. The molecular weight excluding hydrogens is 264 g/mol. The van der Waals surface area contributed by atoms with Crippen LogP contribution in [-0.2, 0) is 14.3 Å². The summed E-state index contributed by atoms with van der Waals surface area (Å²) in [6, 6.07) is 1.19. The van der Waals surface area contributed by atoms with Crippen LogP contribution < -0.4 is 10.2 Å². The molecule has 2 N–H and O–H groups in total. The molecule has 2 rings (SSSR count). The Morgan fingerprint density at radius 2 is 2.15 bits per heavy atom. The molecule has 1 amide bonds. The number of aliphatic carboxylic acids is 1. The van der Waals surface area contributed by atoms with Crippen molar-refractivity contribution < 1.29 is 19.4 Å². The van der Waals surface area contributed by atoms with Crippen molar-refractivity contribution in [2.24, 2.45) is 5.92 Å². The zero-order valence-corrected chi connectivity index (χ0v) is 11.0. The van der Waals surface area contributed by atoms with E-state index in [0.29, 0.717) is 5.95 Å². The highest BCUT2D eigenvalue weighted by atomic mass is 16.5. The molecule has 8 nitrogen and oxygen atoms in total. The molecule has 0 radical (unpaired) electrons. The van der Waals surface area contributed by atoms with Crippen molar-refractivity contribution in [2.45, 2.75) is 6.04 Å². The number of ether oxygens (including phenoxy) is 1. The van der Waals surface area contributed by atoms with E-state index in [4.69, 9.17) is 9.84 Å². The molecule has 0 bridgehead atoms. The number of carbonyl (C=O) groups is 2. The quantitative estimate of drug-likeness (QED) is 0.722. The second kappa shape index (κ2) is 6.29. The number of rotatable bonds is 5. The first kappa shape index (κ1) is 14.2. The van der Waals surface area contributed by atoms with E-state index in [1.807, 2.05) is 0 Å². The lowest BCUT2D eigenvalue weighted by Crippen LogP contribution is -2.46. The normalized spacial score (nSPS) is 21.4. The Hall–Kier alpha value is -2.22. The summed E-state index contributed by atoms with van der Waals surface area (Å²) in [5.41, 5.74) is 0. The van der Waals surface area contributed by atoms with Gasteiger partial charge in [0.25, 0.3) is 0 Å². The van der Waals surface area contributed by atoms with Gasteiger partial charge in [0.1, 0.15) is 5.92 Å². The van der Waals surface area contributed by atoms with Gasteiger partial charge in [-0.1, -0.05) is 0 Å². The third-order valence-corrected chi connectivity index (χ3v) is 3.02. The maximum absolute atomic E-state index is 11.9. The summed E-state index contributed by atoms with van der Waals surface area (Å²) >= 11 is 0. The molecule has 0 spiro atoms. The van der Waals surface area contributed by atoms with E-state index in [9.17, 15) is 9.59 Å². The van der Waals surface area contributed by atoms with Gasteiger partial charge in [0.2, 0.25) is 11.9 Å². The fourth-order valence-electron chi connectivity index (χ4n) is 1.97. The largest absolute Gasteiger partial charge is 0.481 e. The maximum atomic E-state index is 11.9. The first-order valence-electron chi connectivity index (χ1n) is 6.16. The minimum absolute atomic E-state index is 0.0485. The average Bonchev–Trinajstić information content (AvgIpc) is 2.87. The van der Waals surface area contributed by atoms with Crippen molar-refractivity contribution in [2.75, 3.05) is 31.7 Å². The van der Waals surface area contributed by atoms with Gasteiger partial charge in [-0.3, -0.25) is 9.59 Å². The molecule has 2 unspecified atom stereocenters. The zero-order valence-electron chi connectivity index (χ0n) is 11.0. The molecule has 8 heteroatoms. The Morgan fingerprint density at radius 1 is 1.45 bits per heavy atom. The second-order valence-corrected chi connectivity index (χ2v) is 4.56. The Kier molecular flexibility index (Phi) is 4.46. The van der Waals surface area contributed by atoms with Gasteiger partial charge in [-0.2, -0.15) is 0 Å². The van der Waals surface area contributed by atoms with Crippen molar-refractivity contribution in [3.05, 3.63) is 18.5 Å². The molecular formula is C12H16N4O4. The summed E-state index contributed by atoms with van der Waals surface area (Å²) in [6.45, 7) is 0.388. The van der Waals surface area contributed by atoms with Crippen LogP contribution in [0.25, 0.3) is 0 Å². The van der Waals surface area contributed by atoms with E-state index in [1.165, 1.54) is 0 Å². The molecule has 1 aromatic heterocycles. The predicted octanol–water partition coefficient (Wildman–Crippen LogP) is -0.871. The summed E-state index contributed by atoms with van der Waals surface area (Å²) < 4.78 is 5.09. The fourth-order valence-corrected chi connectivity index (χ4v) is 1.97. The molecule has 0 aromatic carbocycles. The van der Waals surface area contributed by atoms with Gasteiger partial charge in [-0.15, -0.1) is 0 Å². The third-order valence-electron chi connectivity index (χ3n) is 3.02. The van der Waals surface area contributed by atoms with Gasteiger partial charge in [-0.25, -0.2) is 9.97 Å². The number of carbonyl (C=O) groups excluding carboxylic acids is 1. The topological polar surface area (TPSA) is 105 Å². The summed E-state index contributed by atoms with van der Waals surface area (Å²) in [5.74, 6) is -1.52. The van der Waals surface area contributed by atoms with Crippen LogP contribution in [0.2, 0.25) is 0 Å². The van der Waals surface area contributed by atoms with Crippen molar-refractivity contribution in [1.29, 1.82) is 0 Å². The lowest BCUT2D eigenvalue weighted by molar-refractivity contribution is -0.142. The fraction of sp³-hybridized carbons (Fsp3) is 0.500. The number of hydrogen-bond acceptors (Lipinski definition) is 6. The summed E-state index contributed by atoms with van der Waals surface area (Å²) in [7, 11) is 1.69. The minimum Gasteiger partial charge on any atom is -0.481 e. The van der Waals surface area contributed by atoms with E-state index >= 15 is 0 Å². The Morgan fingerprint density at radius 3 is 2.80 bits per heavy atom. The van der Waals surface area contributed by atoms with Crippen LogP contribution in [0.15, 0.2) is 18.5 Å². The number of anilines is 1. The van der Waals surface area contributed by atoms with Crippen LogP contribution in [0.4, 0.5) is 5.95 Å². The number of likely N-dealkylation sites (N-methyl/N-ethyl adjacent to an activating group) is 1. The van der Waals surface area contributed by atoms with Crippen LogP contribution in [-0.4, -0.2) is 59.8 Å². The monoisotopic (exact) mass is 280 g/mol. The molecule has 0 saturated carbocycles. The SMILES string of the molecule is CN(CC(=O)NC1COCC1C(=O)O)c1ncccn1. The number of nitrogens with zero attached hydrogens (tertiary/aromatic N) is 3. The van der Waals surface area contributed by atoms with Gasteiger partial charge >= 0.3 is 5.97 Å². The van der Waals surface area contributed by atoms with Gasteiger partial charge in [0.05, 0.1) is 25.8 Å². The highest BCUT2D eigenvalue weighted by Gasteiger charge is 2.35.